The SMILES string of the molecule is O=C(Nc1cccc(-c2noc(=O)[nH]2)c1)c1ccc(F)c(S(=O)(=O)N2CCOCC2)c1. The van der Waals surface area contributed by atoms with Crippen molar-refractivity contribution in [2.75, 3.05) is 31.6 Å². The van der Waals surface area contributed by atoms with Crippen LogP contribution in [-0.2, 0) is 14.8 Å². The highest BCUT2D eigenvalue weighted by Gasteiger charge is 2.29. The first-order valence-electron chi connectivity index (χ1n) is 9.20. The van der Waals surface area contributed by atoms with Crippen molar-refractivity contribution in [3.63, 3.8) is 0 Å². The first-order valence-corrected chi connectivity index (χ1v) is 10.6. The van der Waals surface area contributed by atoms with Crippen LogP contribution in [0.4, 0.5) is 10.1 Å². The molecule has 0 radical (unpaired) electrons. The van der Waals surface area contributed by atoms with Crippen molar-refractivity contribution in [2.24, 2.45) is 0 Å². The summed E-state index contributed by atoms with van der Waals surface area (Å²) in [5.74, 6) is -2.12. The summed E-state index contributed by atoms with van der Waals surface area (Å²) in [6.07, 6.45) is 0. The summed E-state index contributed by atoms with van der Waals surface area (Å²) in [6.45, 7) is 0.645. The van der Waals surface area contributed by atoms with E-state index in [1.54, 1.807) is 24.3 Å². The molecule has 12 heteroatoms. The molecule has 31 heavy (non-hydrogen) atoms. The van der Waals surface area contributed by atoms with Crippen LogP contribution in [0.3, 0.4) is 0 Å². The first kappa shape index (κ1) is 20.9. The van der Waals surface area contributed by atoms with Crippen LogP contribution in [0, 0.1) is 5.82 Å². The van der Waals surface area contributed by atoms with E-state index in [-0.39, 0.29) is 37.7 Å². The molecule has 0 bridgehead atoms. The topological polar surface area (TPSA) is 135 Å². The van der Waals surface area contributed by atoms with Crippen molar-refractivity contribution in [3.05, 3.63) is 64.4 Å². The quantitative estimate of drug-likeness (QED) is 0.603. The lowest BCUT2D eigenvalue weighted by Gasteiger charge is -2.26. The predicted octanol–water partition coefficient (Wildman–Crippen LogP) is 1.44. The lowest BCUT2D eigenvalue weighted by atomic mass is 10.1. The Morgan fingerprint density at radius 3 is 2.65 bits per heavy atom. The Kier molecular flexibility index (Phi) is 5.67. The van der Waals surface area contributed by atoms with E-state index in [1.165, 1.54) is 6.07 Å². The Balaban J connectivity index is 1.58. The number of amides is 1. The second-order valence-electron chi connectivity index (χ2n) is 6.64. The fraction of sp³-hybridized carbons (Fsp3) is 0.211. The number of carbonyl (C=O) groups excluding carboxylic acids is 1. The van der Waals surface area contributed by atoms with Crippen molar-refractivity contribution in [2.45, 2.75) is 4.90 Å². The van der Waals surface area contributed by atoms with E-state index in [2.05, 4.69) is 20.0 Å². The summed E-state index contributed by atoms with van der Waals surface area (Å²) in [7, 11) is -4.12. The summed E-state index contributed by atoms with van der Waals surface area (Å²) >= 11 is 0. The number of aromatic amines is 1. The lowest BCUT2D eigenvalue weighted by molar-refractivity contribution is 0.0729. The molecule has 1 saturated heterocycles. The van der Waals surface area contributed by atoms with Crippen molar-refractivity contribution in [1.29, 1.82) is 0 Å². The van der Waals surface area contributed by atoms with E-state index in [0.29, 0.717) is 11.3 Å². The maximum Gasteiger partial charge on any atom is 0.439 e. The second kappa shape index (κ2) is 8.41. The number of anilines is 1. The number of benzene rings is 2. The monoisotopic (exact) mass is 448 g/mol. The van der Waals surface area contributed by atoms with E-state index >= 15 is 0 Å². The van der Waals surface area contributed by atoms with Crippen molar-refractivity contribution in [3.8, 4) is 11.4 Å². The van der Waals surface area contributed by atoms with Crippen LogP contribution in [0.5, 0.6) is 0 Å². The number of hydrogen-bond donors (Lipinski definition) is 2. The fourth-order valence-corrected chi connectivity index (χ4v) is 4.57. The molecule has 1 fully saturated rings. The Labute approximate surface area is 175 Å². The number of morpholine rings is 1. The van der Waals surface area contributed by atoms with Gasteiger partial charge in [-0.2, -0.15) is 4.31 Å². The molecule has 1 aromatic heterocycles. The largest absolute Gasteiger partial charge is 0.439 e. The average Bonchev–Trinajstić information content (AvgIpc) is 3.21. The van der Waals surface area contributed by atoms with E-state index < -0.39 is 32.4 Å². The highest BCUT2D eigenvalue weighted by atomic mass is 32.2. The molecule has 4 rings (SSSR count). The van der Waals surface area contributed by atoms with Crippen LogP contribution < -0.4 is 11.1 Å². The van der Waals surface area contributed by atoms with E-state index in [9.17, 15) is 22.4 Å². The molecule has 3 aromatic rings. The summed E-state index contributed by atoms with van der Waals surface area (Å²) in [4.78, 5) is 25.6. The van der Waals surface area contributed by atoms with Gasteiger partial charge in [0.15, 0.2) is 5.82 Å². The van der Waals surface area contributed by atoms with Crippen molar-refractivity contribution < 1.29 is 26.9 Å². The fourth-order valence-electron chi connectivity index (χ4n) is 3.07. The van der Waals surface area contributed by atoms with Gasteiger partial charge in [0, 0.05) is 29.9 Å². The number of carbonyl (C=O) groups is 1. The molecule has 2 heterocycles. The third kappa shape index (κ3) is 4.40. The van der Waals surface area contributed by atoms with Gasteiger partial charge in [-0.25, -0.2) is 17.6 Å². The number of nitrogens with zero attached hydrogens (tertiary/aromatic N) is 2. The van der Waals surface area contributed by atoms with Crippen LogP contribution in [0.15, 0.2) is 56.7 Å². The Hall–Kier alpha value is -3.35. The molecule has 0 atom stereocenters. The van der Waals surface area contributed by atoms with E-state index in [1.807, 2.05) is 0 Å². The molecule has 1 aliphatic rings. The molecular weight excluding hydrogens is 431 g/mol. The van der Waals surface area contributed by atoms with Crippen molar-refractivity contribution >= 4 is 21.6 Å². The minimum absolute atomic E-state index is 0.0338. The van der Waals surface area contributed by atoms with Gasteiger partial charge >= 0.3 is 5.76 Å². The highest BCUT2D eigenvalue weighted by Crippen LogP contribution is 2.23. The molecular formula is C19H17FN4O6S. The van der Waals surface area contributed by atoms with Crippen LogP contribution in [0.1, 0.15) is 10.4 Å². The second-order valence-corrected chi connectivity index (χ2v) is 8.55. The highest BCUT2D eigenvalue weighted by molar-refractivity contribution is 7.89. The minimum atomic E-state index is -4.12. The lowest BCUT2D eigenvalue weighted by Crippen LogP contribution is -2.41. The molecule has 0 aliphatic carbocycles. The third-order valence-electron chi connectivity index (χ3n) is 4.62. The molecule has 0 spiro atoms. The van der Waals surface area contributed by atoms with Gasteiger partial charge in [-0.15, -0.1) is 0 Å². The van der Waals surface area contributed by atoms with Gasteiger partial charge in [0.05, 0.1) is 13.2 Å². The standard InChI is InChI=1S/C19H17FN4O6S/c20-15-5-4-13(11-16(15)31(27,28)24-6-8-29-9-7-24)18(25)21-14-3-1-2-12(10-14)17-22-19(26)30-23-17/h1-5,10-11H,6-9H2,(H,21,25)(H,22,23,26). The average molecular weight is 448 g/mol. The molecule has 10 nitrogen and oxygen atoms in total. The smallest absolute Gasteiger partial charge is 0.379 e. The number of halogens is 1. The normalized spacial score (nSPS) is 15.0. The van der Waals surface area contributed by atoms with Gasteiger partial charge in [0.25, 0.3) is 5.91 Å². The van der Waals surface area contributed by atoms with Crippen LogP contribution in [0.25, 0.3) is 11.4 Å². The Bertz CT molecular complexity index is 1280. The van der Waals surface area contributed by atoms with Gasteiger partial charge in [-0.3, -0.25) is 14.3 Å². The molecule has 0 unspecified atom stereocenters. The minimum Gasteiger partial charge on any atom is -0.379 e. The number of nitrogens with one attached hydrogen (secondary N) is 2. The van der Waals surface area contributed by atoms with E-state index in [0.717, 1.165) is 16.4 Å². The molecule has 2 aromatic carbocycles. The van der Waals surface area contributed by atoms with Crippen LogP contribution in [-0.4, -0.2) is 55.1 Å². The number of ether oxygens (including phenoxy) is 1. The number of aromatic nitrogens is 2. The number of rotatable bonds is 5. The Morgan fingerprint density at radius 2 is 1.94 bits per heavy atom. The van der Waals surface area contributed by atoms with Gasteiger partial charge < -0.3 is 10.1 Å². The first-order chi connectivity index (χ1) is 14.8. The Morgan fingerprint density at radius 1 is 1.16 bits per heavy atom. The summed E-state index contributed by atoms with van der Waals surface area (Å²) < 4.78 is 50.7. The third-order valence-corrected chi connectivity index (χ3v) is 6.53. The van der Waals surface area contributed by atoms with Crippen LogP contribution >= 0.6 is 0 Å². The predicted molar refractivity (Wildman–Crippen MR) is 106 cm³/mol. The molecule has 2 N–H and O–H groups in total. The number of sulfonamides is 1. The van der Waals surface area contributed by atoms with Gasteiger partial charge in [-0.1, -0.05) is 17.3 Å². The van der Waals surface area contributed by atoms with Gasteiger partial charge in [-0.05, 0) is 30.3 Å². The zero-order chi connectivity index (χ0) is 22.0. The van der Waals surface area contributed by atoms with Crippen molar-refractivity contribution in [1.82, 2.24) is 14.4 Å². The molecule has 1 amide bonds. The van der Waals surface area contributed by atoms with Gasteiger partial charge in [0.2, 0.25) is 10.0 Å². The summed E-state index contributed by atoms with van der Waals surface area (Å²) in [5, 5.41) is 6.19. The number of H-pyrrole nitrogens is 1. The maximum atomic E-state index is 14.3. The van der Waals surface area contributed by atoms with Crippen LogP contribution in [0.2, 0.25) is 0 Å². The van der Waals surface area contributed by atoms with Gasteiger partial charge in [0.1, 0.15) is 10.7 Å². The zero-order valence-corrected chi connectivity index (χ0v) is 16.8. The van der Waals surface area contributed by atoms with E-state index in [4.69, 9.17) is 4.74 Å². The maximum absolute atomic E-state index is 14.3. The zero-order valence-electron chi connectivity index (χ0n) is 16.0. The molecule has 0 saturated carbocycles. The molecule has 162 valence electrons. The summed E-state index contributed by atoms with van der Waals surface area (Å²) in [5.41, 5.74) is 0.806. The number of hydrogen-bond acceptors (Lipinski definition) is 7. The molecule has 1 aliphatic heterocycles. The summed E-state index contributed by atoms with van der Waals surface area (Å²) in [6, 6.07) is 9.55.